The first-order valence-electron chi connectivity index (χ1n) is 4.16. The summed E-state index contributed by atoms with van der Waals surface area (Å²) >= 11 is 1.58. The summed E-state index contributed by atoms with van der Waals surface area (Å²) in [5.74, 6) is 0. The largest absolute Gasteiger partial charge is 0.375 e. The van der Waals surface area contributed by atoms with Gasteiger partial charge in [-0.05, 0) is 13.5 Å². The number of nitrogens with one attached hydrogen (secondary N) is 1. The molecule has 0 aliphatic rings. The fourth-order valence-corrected chi connectivity index (χ4v) is 2.02. The van der Waals surface area contributed by atoms with Crippen LogP contribution in [0.15, 0.2) is 0 Å². The number of rotatable bonds is 4. The van der Waals surface area contributed by atoms with Crippen LogP contribution < -0.4 is 11.1 Å². The number of hydrogen-bond acceptors (Lipinski definition) is 4. The zero-order valence-electron chi connectivity index (χ0n) is 7.55. The molecule has 4 heteroatoms. The van der Waals surface area contributed by atoms with Crippen LogP contribution in [0, 0.1) is 0 Å². The molecule has 1 aromatic rings. The molecule has 0 fully saturated rings. The summed E-state index contributed by atoms with van der Waals surface area (Å²) in [6, 6.07) is 0. The van der Waals surface area contributed by atoms with Gasteiger partial charge >= 0.3 is 0 Å². The fraction of sp³-hybridized carbons (Fsp3) is 0.625. The minimum atomic E-state index is 0.684. The van der Waals surface area contributed by atoms with Crippen LogP contribution in [0.2, 0.25) is 0 Å². The van der Waals surface area contributed by atoms with E-state index in [9.17, 15) is 0 Å². The van der Waals surface area contributed by atoms with Gasteiger partial charge in [-0.1, -0.05) is 13.3 Å². The smallest absolute Gasteiger partial charge is 0.180 e. The quantitative estimate of drug-likeness (QED) is 0.745. The van der Waals surface area contributed by atoms with Crippen molar-refractivity contribution in [1.29, 1.82) is 0 Å². The molecule has 0 spiro atoms. The van der Waals surface area contributed by atoms with Crippen LogP contribution in [0.25, 0.3) is 0 Å². The molecule has 0 aliphatic heterocycles. The number of thiazole rings is 1. The summed E-state index contributed by atoms with van der Waals surface area (Å²) in [6.07, 6.45) is 2.16. The lowest BCUT2D eigenvalue weighted by atomic mass is 10.2. The minimum absolute atomic E-state index is 0.684. The molecule has 0 aromatic carbocycles. The number of nitrogens with two attached hydrogens (primary N) is 1. The van der Waals surface area contributed by atoms with Gasteiger partial charge in [0.2, 0.25) is 0 Å². The van der Waals surface area contributed by atoms with Crippen LogP contribution in [0.3, 0.4) is 0 Å². The van der Waals surface area contributed by atoms with Crippen LogP contribution in [-0.4, -0.2) is 12.0 Å². The number of nitrogens with zero attached hydrogens (tertiary/aromatic N) is 1. The first kappa shape index (κ1) is 9.48. The number of anilines is 1. The third-order valence-corrected chi connectivity index (χ3v) is 2.55. The maximum atomic E-state index is 5.62. The Morgan fingerprint density at radius 1 is 1.58 bits per heavy atom. The SMILES string of the molecule is CCCc1nc(N)sc1CNC. The van der Waals surface area contributed by atoms with Crippen molar-refractivity contribution in [2.45, 2.75) is 26.3 Å². The summed E-state index contributed by atoms with van der Waals surface area (Å²) in [4.78, 5) is 5.55. The standard InChI is InChI=1S/C8H15N3S/c1-3-4-6-7(5-10-2)12-8(9)11-6/h10H,3-5H2,1-2H3,(H2,9,11). The molecular weight excluding hydrogens is 170 g/mol. The van der Waals surface area contributed by atoms with Crippen LogP contribution >= 0.6 is 11.3 Å². The summed E-state index contributed by atoms with van der Waals surface area (Å²) in [7, 11) is 1.94. The second-order valence-electron chi connectivity index (χ2n) is 2.70. The van der Waals surface area contributed by atoms with Gasteiger partial charge < -0.3 is 11.1 Å². The van der Waals surface area contributed by atoms with E-state index >= 15 is 0 Å². The first-order chi connectivity index (χ1) is 5.77. The number of aryl methyl sites for hydroxylation is 1. The second-order valence-corrected chi connectivity index (χ2v) is 3.82. The van der Waals surface area contributed by atoms with E-state index in [4.69, 9.17) is 5.73 Å². The monoisotopic (exact) mass is 185 g/mol. The Balaban J connectivity index is 2.76. The van der Waals surface area contributed by atoms with Crippen molar-refractivity contribution < 1.29 is 0 Å². The van der Waals surface area contributed by atoms with Gasteiger partial charge in [0.15, 0.2) is 5.13 Å². The highest BCUT2D eigenvalue weighted by atomic mass is 32.1. The Kier molecular flexibility index (Phi) is 3.49. The van der Waals surface area contributed by atoms with Gasteiger partial charge in [-0.25, -0.2) is 4.98 Å². The van der Waals surface area contributed by atoms with E-state index in [0.717, 1.165) is 25.1 Å². The van der Waals surface area contributed by atoms with Crippen LogP contribution in [0.5, 0.6) is 0 Å². The predicted octanol–water partition coefficient (Wildman–Crippen LogP) is 1.40. The van der Waals surface area contributed by atoms with Crippen molar-refractivity contribution in [2.75, 3.05) is 12.8 Å². The Morgan fingerprint density at radius 3 is 2.92 bits per heavy atom. The van der Waals surface area contributed by atoms with E-state index in [1.54, 1.807) is 11.3 Å². The maximum absolute atomic E-state index is 5.62. The molecule has 1 aromatic heterocycles. The van der Waals surface area contributed by atoms with E-state index in [0.29, 0.717) is 5.13 Å². The highest BCUT2D eigenvalue weighted by molar-refractivity contribution is 7.15. The average molecular weight is 185 g/mol. The summed E-state index contributed by atoms with van der Waals surface area (Å²) in [5.41, 5.74) is 6.78. The van der Waals surface area contributed by atoms with Crippen molar-refractivity contribution in [3.8, 4) is 0 Å². The maximum Gasteiger partial charge on any atom is 0.180 e. The van der Waals surface area contributed by atoms with Gasteiger partial charge in [0, 0.05) is 11.4 Å². The minimum Gasteiger partial charge on any atom is -0.375 e. The fourth-order valence-electron chi connectivity index (χ4n) is 1.13. The summed E-state index contributed by atoms with van der Waals surface area (Å²) in [5, 5.41) is 3.79. The lowest BCUT2D eigenvalue weighted by Gasteiger charge is -1.97. The van der Waals surface area contributed by atoms with Gasteiger partial charge in [-0.2, -0.15) is 0 Å². The Bertz CT molecular complexity index is 221. The van der Waals surface area contributed by atoms with Crippen LogP contribution in [0.1, 0.15) is 23.9 Å². The van der Waals surface area contributed by atoms with E-state index in [-0.39, 0.29) is 0 Å². The molecule has 12 heavy (non-hydrogen) atoms. The first-order valence-corrected chi connectivity index (χ1v) is 4.98. The topological polar surface area (TPSA) is 50.9 Å². The second kappa shape index (κ2) is 4.42. The molecule has 68 valence electrons. The van der Waals surface area contributed by atoms with E-state index < -0.39 is 0 Å². The Labute approximate surface area is 77.0 Å². The predicted molar refractivity (Wildman–Crippen MR) is 53.3 cm³/mol. The summed E-state index contributed by atoms with van der Waals surface area (Å²) < 4.78 is 0. The van der Waals surface area contributed by atoms with Crippen molar-refractivity contribution >= 4 is 16.5 Å². The van der Waals surface area contributed by atoms with Crippen LogP contribution in [-0.2, 0) is 13.0 Å². The normalized spacial score (nSPS) is 10.5. The van der Waals surface area contributed by atoms with E-state index in [1.165, 1.54) is 4.88 Å². The van der Waals surface area contributed by atoms with Gasteiger partial charge in [0.05, 0.1) is 5.69 Å². The molecule has 1 heterocycles. The molecule has 3 nitrogen and oxygen atoms in total. The zero-order chi connectivity index (χ0) is 8.97. The Morgan fingerprint density at radius 2 is 2.33 bits per heavy atom. The molecule has 1 rings (SSSR count). The van der Waals surface area contributed by atoms with E-state index in [2.05, 4.69) is 17.2 Å². The third-order valence-electron chi connectivity index (χ3n) is 1.62. The molecule has 0 radical (unpaired) electrons. The summed E-state index contributed by atoms with van der Waals surface area (Å²) in [6.45, 7) is 3.03. The van der Waals surface area contributed by atoms with Crippen molar-refractivity contribution in [2.24, 2.45) is 0 Å². The third kappa shape index (κ3) is 2.19. The molecule has 0 atom stereocenters. The molecular formula is C8H15N3S. The molecule has 0 saturated carbocycles. The Hall–Kier alpha value is -0.610. The molecule has 0 aliphatic carbocycles. The van der Waals surface area contributed by atoms with Crippen molar-refractivity contribution in [1.82, 2.24) is 10.3 Å². The molecule has 0 bridgehead atoms. The highest BCUT2D eigenvalue weighted by Gasteiger charge is 2.06. The van der Waals surface area contributed by atoms with Gasteiger partial charge in [-0.3, -0.25) is 0 Å². The molecule has 0 saturated heterocycles. The zero-order valence-corrected chi connectivity index (χ0v) is 8.37. The van der Waals surface area contributed by atoms with Crippen molar-refractivity contribution in [3.63, 3.8) is 0 Å². The number of hydrogen-bond donors (Lipinski definition) is 2. The lowest BCUT2D eigenvalue weighted by molar-refractivity contribution is 0.799. The van der Waals surface area contributed by atoms with Gasteiger partial charge in [-0.15, -0.1) is 11.3 Å². The van der Waals surface area contributed by atoms with Crippen molar-refractivity contribution in [3.05, 3.63) is 10.6 Å². The van der Waals surface area contributed by atoms with Gasteiger partial charge in [0.1, 0.15) is 0 Å². The molecule has 0 unspecified atom stereocenters. The number of nitrogen functional groups attached to an aromatic ring is 1. The molecule has 3 N–H and O–H groups in total. The van der Waals surface area contributed by atoms with Gasteiger partial charge in [0.25, 0.3) is 0 Å². The molecule has 0 amide bonds. The number of aromatic nitrogens is 1. The highest BCUT2D eigenvalue weighted by Crippen LogP contribution is 2.21. The van der Waals surface area contributed by atoms with E-state index in [1.807, 2.05) is 7.05 Å². The lowest BCUT2D eigenvalue weighted by Crippen LogP contribution is -2.05. The van der Waals surface area contributed by atoms with Crippen LogP contribution in [0.4, 0.5) is 5.13 Å². The average Bonchev–Trinajstić information content (AvgIpc) is 2.33.